The number of aryl methyl sites for hydroxylation is 1. The van der Waals surface area contributed by atoms with Crippen LogP contribution in [-0.2, 0) is 6.42 Å². The number of rotatable bonds is 4. The van der Waals surface area contributed by atoms with Gasteiger partial charge in [-0.15, -0.1) is 0 Å². The first-order chi connectivity index (χ1) is 9.72. The Morgan fingerprint density at radius 3 is 2.70 bits per heavy atom. The minimum absolute atomic E-state index is 0.0890. The predicted molar refractivity (Wildman–Crippen MR) is 81.5 cm³/mol. The van der Waals surface area contributed by atoms with Crippen molar-refractivity contribution >= 4 is 27.3 Å². The standard InChI is InChI=1S/C16H13NO2S/c18-14(9-6-11-4-2-1-3-5-11)12-7-8-13-15(10-12)20-16(19)17-13/h1-5,7-8,10H,6,9H2,(H,17,19). The van der Waals surface area contributed by atoms with Gasteiger partial charge in [-0.2, -0.15) is 0 Å². The second kappa shape index (κ2) is 5.43. The van der Waals surface area contributed by atoms with Gasteiger partial charge >= 0.3 is 4.87 Å². The van der Waals surface area contributed by atoms with E-state index in [4.69, 9.17) is 0 Å². The Balaban J connectivity index is 1.76. The summed E-state index contributed by atoms with van der Waals surface area (Å²) in [6, 6.07) is 15.3. The number of carbonyl (C=O) groups excluding carboxylic acids is 1. The van der Waals surface area contributed by atoms with Gasteiger partial charge in [-0.1, -0.05) is 41.7 Å². The minimum Gasteiger partial charge on any atom is -0.312 e. The third-order valence-corrected chi connectivity index (χ3v) is 4.07. The average Bonchev–Trinajstić information content (AvgIpc) is 2.85. The molecule has 1 aromatic heterocycles. The lowest BCUT2D eigenvalue weighted by Gasteiger charge is -2.02. The van der Waals surface area contributed by atoms with E-state index in [0.717, 1.165) is 33.5 Å². The summed E-state index contributed by atoms with van der Waals surface area (Å²) in [5.74, 6) is 0.108. The summed E-state index contributed by atoms with van der Waals surface area (Å²) in [7, 11) is 0. The molecule has 0 saturated carbocycles. The van der Waals surface area contributed by atoms with Gasteiger partial charge in [-0.25, -0.2) is 0 Å². The minimum atomic E-state index is -0.0890. The Kier molecular flexibility index (Phi) is 3.48. The van der Waals surface area contributed by atoms with Crippen LogP contribution < -0.4 is 4.87 Å². The van der Waals surface area contributed by atoms with Gasteiger partial charge in [0.05, 0.1) is 10.2 Å². The topological polar surface area (TPSA) is 49.9 Å². The summed E-state index contributed by atoms with van der Waals surface area (Å²) in [6.07, 6.45) is 1.22. The van der Waals surface area contributed by atoms with Crippen molar-refractivity contribution in [1.29, 1.82) is 0 Å². The molecule has 2 aromatic carbocycles. The summed E-state index contributed by atoms with van der Waals surface area (Å²) in [5.41, 5.74) is 2.62. The molecule has 20 heavy (non-hydrogen) atoms. The smallest absolute Gasteiger partial charge is 0.305 e. The van der Waals surface area contributed by atoms with Gasteiger partial charge in [0.15, 0.2) is 5.78 Å². The number of H-pyrrole nitrogens is 1. The molecule has 0 unspecified atom stereocenters. The molecule has 0 spiro atoms. The number of nitrogens with one attached hydrogen (secondary N) is 1. The molecule has 1 N–H and O–H groups in total. The molecule has 0 saturated heterocycles. The number of Topliss-reactive ketones (excluding diaryl/α,β-unsaturated/α-hetero) is 1. The van der Waals surface area contributed by atoms with Gasteiger partial charge in [0, 0.05) is 12.0 Å². The number of thiazole rings is 1. The lowest BCUT2D eigenvalue weighted by molar-refractivity contribution is 0.0983. The largest absolute Gasteiger partial charge is 0.312 e. The normalized spacial score (nSPS) is 10.8. The first-order valence-corrected chi connectivity index (χ1v) is 7.24. The van der Waals surface area contributed by atoms with Gasteiger partial charge in [0.1, 0.15) is 0 Å². The number of aromatic amines is 1. The number of hydrogen-bond acceptors (Lipinski definition) is 3. The molecule has 100 valence electrons. The Morgan fingerprint density at radius 2 is 1.90 bits per heavy atom. The van der Waals surface area contributed by atoms with Crippen molar-refractivity contribution in [3.8, 4) is 0 Å². The van der Waals surface area contributed by atoms with Gasteiger partial charge < -0.3 is 4.98 Å². The van der Waals surface area contributed by atoms with Gasteiger partial charge in [0.2, 0.25) is 0 Å². The predicted octanol–water partition coefficient (Wildman–Crippen LogP) is 3.41. The number of benzene rings is 2. The molecule has 1 heterocycles. The molecule has 0 amide bonds. The first kappa shape index (κ1) is 12.8. The zero-order valence-corrected chi connectivity index (χ0v) is 11.6. The van der Waals surface area contributed by atoms with Crippen LogP contribution in [0.2, 0.25) is 0 Å². The van der Waals surface area contributed by atoms with Crippen molar-refractivity contribution in [2.45, 2.75) is 12.8 Å². The molecule has 0 fully saturated rings. The van der Waals surface area contributed by atoms with Crippen LogP contribution in [0.5, 0.6) is 0 Å². The van der Waals surface area contributed by atoms with Gasteiger partial charge in [-0.3, -0.25) is 9.59 Å². The van der Waals surface area contributed by atoms with Crippen molar-refractivity contribution in [3.05, 3.63) is 69.3 Å². The zero-order chi connectivity index (χ0) is 13.9. The van der Waals surface area contributed by atoms with Crippen LogP contribution in [0, 0.1) is 0 Å². The highest BCUT2D eigenvalue weighted by atomic mass is 32.1. The van der Waals surface area contributed by atoms with E-state index >= 15 is 0 Å². The van der Waals surface area contributed by atoms with Gasteiger partial charge in [-0.05, 0) is 30.2 Å². The second-order valence-corrected chi connectivity index (χ2v) is 5.65. The summed E-state index contributed by atoms with van der Waals surface area (Å²) in [4.78, 5) is 26.1. The fourth-order valence-corrected chi connectivity index (χ4v) is 2.94. The Morgan fingerprint density at radius 1 is 1.10 bits per heavy atom. The highest BCUT2D eigenvalue weighted by molar-refractivity contribution is 7.16. The van der Waals surface area contributed by atoms with Crippen molar-refractivity contribution < 1.29 is 4.79 Å². The summed E-state index contributed by atoms with van der Waals surface area (Å²) in [6.45, 7) is 0. The molecule has 3 nitrogen and oxygen atoms in total. The summed E-state index contributed by atoms with van der Waals surface area (Å²) in [5, 5.41) is 0. The van der Waals surface area contributed by atoms with E-state index in [9.17, 15) is 9.59 Å². The maximum absolute atomic E-state index is 12.2. The molecular formula is C16H13NO2S. The Bertz CT molecular complexity index is 802. The molecule has 3 aromatic rings. The molecule has 0 aliphatic heterocycles. The molecule has 0 aliphatic rings. The Labute approximate surface area is 119 Å². The highest BCUT2D eigenvalue weighted by Gasteiger charge is 2.08. The van der Waals surface area contributed by atoms with E-state index in [0.29, 0.717) is 12.0 Å². The van der Waals surface area contributed by atoms with Crippen LogP contribution in [0.15, 0.2) is 53.3 Å². The fourth-order valence-electron chi connectivity index (χ4n) is 2.17. The van der Waals surface area contributed by atoms with Crippen molar-refractivity contribution in [2.75, 3.05) is 0 Å². The third kappa shape index (κ3) is 2.70. The molecule has 0 bridgehead atoms. The van der Waals surface area contributed by atoms with Crippen LogP contribution in [-0.4, -0.2) is 10.8 Å². The third-order valence-electron chi connectivity index (χ3n) is 3.23. The number of hydrogen-bond donors (Lipinski definition) is 1. The molecule has 0 atom stereocenters. The van der Waals surface area contributed by atoms with E-state index in [1.807, 2.05) is 30.3 Å². The van der Waals surface area contributed by atoms with Crippen molar-refractivity contribution in [2.24, 2.45) is 0 Å². The van der Waals surface area contributed by atoms with Crippen LogP contribution in [0.3, 0.4) is 0 Å². The van der Waals surface area contributed by atoms with Gasteiger partial charge in [0.25, 0.3) is 0 Å². The molecule has 0 radical (unpaired) electrons. The molecule has 0 aliphatic carbocycles. The number of ketones is 1. The summed E-state index contributed by atoms with van der Waals surface area (Å²) >= 11 is 1.13. The number of fused-ring (bicyclic) bond motifs is 1. The summed E-state index contributed by atoms with van der Waals surface area (Å²) < 4.78 is 0.834. The monoisotopic (exact) mass is 283 g/mol. The second-order valence-electron chi connectivity index (χ2n) is 4.63. The van der Waals surface area contributed by atoms with E-state index in [1.165, 1.54) is 0 Å². The van der Waals surface area contributed by atoms with E-state index in [2.05, 4.69) is 4.98 Å². The lowest BCUT2D eigenvalue weighted by atomic mass is 10.0. The van der Waals surface area contributed by atoms with E-state index in [1.54, 1.807) is 18.2 Å². The SMILES string of the molecule is O=C(CCc1ccccc1)c1ccc2[nH]c(=O)sc2c1. The lowest BCUT2D eigenvalue weighted by Crippen LogP contribution is -2.00. The average molecular weight is 283 g/mol. The maximum atomic E-state index is 12.2. The van der Waals surface area contributed by atoms with E-state index < -0.39 is 0 Å². The number of aromatic nitrogens is 1. The first-order valence-electron chi connectivity index (χ1n) is 6.42. The number of carbonyl (C=O) groups is 1. The van der Waals surface area contributed by atoms with Crippen molar-refractivity contribution in [1.82, 2.24) is 4.98 Å². The molecular weight excluding hydrogens is 270 g/mol. The van der Waals surface area contributed by atoms with Crippen LogP contribution >= 0.6 is 11.3 Å². The van der Waals surface area contributed by atoms with Crippen molar-refractivity contribution in [3.63, 3.8) is 0 Å². The quantitative estimate of drug-likeness (QED) is 0.746. The van der Waals surface area contributed by atoms with E-state index in [-0.39, 0.29) is 10.7 Å². The van der Waals surface area contributed by atoms with Crippen LogP contribution in [0.1, 0.15) is 22.3 Å². The molecule has 4 heteroatoms. The Hall–Kier alpha value is -2.20. The van der Waals surface area contributed by atoms with Crippen LogP contribution in [0.4, 0.5) is 0 Å². The van der Waals surface area contributed by atoms with Crippen LogP contribution in [0.25, 0.3) is 10.2 Å². The zero-order valence-electron chi connectivity index (χ0n) is 10.8. The highest BCUT2D eigenvalue weighted by Crippen LogP contribution is 2.18. The fraction of sp³-hybridized carbons (Fsp3) is 0.125. The molecule has 3 rings (SSSR count). The maximum Gasteiger partial charge on any atom is 0.305 e.